The Morgan fingerprint density at radius 1 is 1.20 bits per heavy atom. The van der Waals surface area contributed by atoms with Gasteiger partial charge in [-0.15, -0.1) is 0 Å². The number of hydrogen-bond donors (Lipinski definition) is 1. The van der Waals surface area contributed by atoms with Crippen LogP contribution in [0.15, 0.2) is 30.3 Å². The topological polar surface area (TPSA) is 15.3 Å². The minimum atomic E-state index is 0.502. The van der Waals surface area contributed by atoms with E-state index < -0.39 is 0 Å². The molecule has 1 aromatic rings. The predicted octanol–water partition coefficient (Wildman–Crippen LogP) is 3.85. The van der Waals surface area contributed by atoms with Gasteiger partial charge in [0.05, 0.1) is 0 Å². The molecule has 1 aliphatic rings. The highest BCUT2D eigenvalue weighted by Gasteiger charge is 2.25. The number of hydrogen-bond acceptors (Lipinski definition) is 2. The van der Waals surface area contributed by atoms with Gasteiger partial charge in [0.2, 0.25) is 0 Å². The van der Waals surface area contributed by atoms with Crippen LogP contribution in [0, 0.1) is 5.92 Å². The van der Waals surface area contributed by atoms with Crippen LogP contribution in [0.2, 0.25) is 0 Å². The Morgan fingerprint density at radius 3 is 2.50 bits per heavy atom. The third-order valence-electron chi connectivity index (χ3n) is 4.72. The second kappa shape index (κ2) is 7.80. The van der Waals surface area contributed by atoms with Crippen LogP contribution in [0.25, 0.3) is 0 Å². The smallest absolute Gasteiger partial charge is 0.0351 e. The van der Waals surface area contributed by atoms with Gasteiger partial charge in [-0.1, -0.05) is 57.0 Å². The number of nitrogens with one attached hydrogen (secondary N) is 1. The quantitative estimate of drug-likeness (QED) is 0.847. The molecule has 0 saturated carbocycles. The van der Waals surface area contributed by atoms with Gasteiger partial charge in [-0.05, 0) is 37.9 Å². The minimum Gasteiger partial charge on any atom is -0.306 e. The van der Waals surface area contributed by atoms with E-state index in [4.69, 9.17) is 0 Å². The van der Waals surface area contributed by atoms with Crippen molar-refractivity contribution in [2.75, 3.05) is 20.1 Å². The minimum absolute atomic E-state index is 0.502. The highest BCUT2D eigenvalue weighted by molar-refractivity contribution is 5.20. The van der Waals surface area contributed by atoms with Crippen molar-refractivity contribution >= 4 is 0 Å². The van der Waals surface area contributed by atoms with Gasteiger partial charge in [-0.2, -0.15) is 0 Å². The molecule has 2 unspecified atom stereocenters. The first-order chi connectivity index (χ1) is 9.74. The van der Waals surface area contributed by atoms with Crippen molar-refractivity contribution < 1.29 is 0 Å². The Bertz CT molecular complexity index is 372. The Labute approximate surface area is 124 Å². The summed E-state index contributed by atoms with van der Waals surface area (Å²) in [4.78, 5) is 2.45. The first kappa shape index (κ1) is 15.5. The van der Waals surface area contributed by atoms with E-state index >= 15 is 0 Å². The van der Waals surface area contributed by atoms with Gasteiger partial charge < -0.3 is 10.2 Å². The lowest BCUT2D eigenvalue weighted by molar-refractivity contribution is 0.197. The van der Waals surface area contributed by atoms with Gasteiger partial charge in [0.1, 0.15) is 0 Å². The van der Waals surface area contributed by atoms with Crippen molar-refractivity contribution in [1.29, 1.82) is 0 Å². The van der Waals surface area contributed by atoms with Crippen LogP contribution in [0.5, 0.6) is 0 Å². The molecular weight excluding hydrogens is 244 g/mol. The Balaban J connectivity index is 2.10. The van der Waals surface area contributed by atoms with Gasteiger partial charge in [0, 0.05) is 18.6 Å². The van der Waals surface area contributed by atoms with Crippen LogP contribution in [0.4, 0.5) is 0 Å². The maximum absolute atomic E-state index is 3.96. The number of likely N-dealkylation sites (tertiary alicyclic amines) is 1. The second-order valence-electron chi connectivity index (χ2n) is 6.23. The zero-order valence-electron chi connectivity index (χ0n) is 13.3. The summed E-state index contributed by atoms with van der Waals surface area (Å²) in [6.07, 6.45) is 5.11. The van der Waals surface area contributed by atoms with Crippen molar-refractivity contribution in [2.24, 2.45) is 5.92 Å². The molecule has 0 radical (unpaired) electrons. The molecular formula is C18H30N2. The fourth-order valence-electron chi connectivity index (χ4n) is 3.48. The Morgan fingerprint density at radius 2 is 1.90 bits per heavy atom. The zero-order chi connectivity index (χ0) is 14.4. The van der Waals surface area contributed by atoms with Crippen LogP contribution < -0.4 is 5.32 Å². The molecule has 0 amide bonds. The molecule has 0 aromatic heterocycles. The molecule has 2 heteroatoms. The molecule has 1 aliphatic heterocycles. The second-order valence-corrected chi connectivity index (χ2v) is 6.23. The van der Waals surface area contributed by atoms with E-state index in [1.807, 2.05) is 0 Å². The van der Waals surface area contributed by atoms with Gasteiger partial charge in [0.25, 0.3) is 0 Å². The van der Waals surface area contributed by atoms with E-state index in [0.29, 0.717) is 12.1 Å². The summed E-state index contributed by atoms with van der Waals surface area (Å²) in [5, 5.41) is 3.96. The van der Waals surface area contributed by atoms with Gasteiger partial charge in [-0.3, -0.25) is 0 Å². The number of nitrogens with zero attached hydrogens (tertiary/aromatic N) is 1. The fraction of sp³-hybridized carbons (Fsp3) is 0.667. The monoisotopic (exact) mass is 274 g/mol. The Kier molecular flexibility index (Phi) is 6.06. The molecule has 1 N–H and O–H groups in total. The lowest BCUT2D eigenvalue weighted by Gasteiger charge is -2.36. The van der Waals surface area contributed by atoms with Crippen LogP contribution in [0.1, 0.15) is 51.1 Å². The van der Waals surface area contributed by atoms with Crippen LogP contribution in [-0.2, 0) is 0 Å². The highest BCUT2D eigenvalue weighted by Crippen LogP contribution is 2.28. The van der Waals surface area contributed by atoms with Gasteiger partial charge >= 0.3 is 0 Å². The molecule has 112 valence electrons. The highest BCUT2D eigenvalue weighted by atomic mass is 15.1. The number of rotatable bonds is 6. The van der Waals surface area contributed by atoms with Crippen LogP contribution in [0.3, 0.4) is 0 Å². The van der Waals surface area contributed by atoms with Gasteiger partial charge in [-0.25, -0.2) is 0 Å². The number of benzene rings is 1. The predicted molar refractivity (Wildman–Crippen MR) is 86.9 cm³/mol. The molecule has 0 spiro atoms. The van der Waals surface area contributed by atoms with Crippen LogP contribution >= 0.6 is 0 Å². The Hall–Kier alpha value is -0.860. The molecule has 0 bridgehead atoms. The average Bonchev–Trinajstić information content (AvgIpc) is 2.48. The normalized spacial score (nSPS) is 22.1. The molecule has 1 saturated heterocycles. The standard InChI is InChI=1S/C18H30N2/c1-4-15(5-2)18(16-10-7-6-8-11-16)19-17-12-9-13-20(3)14-17/h6-8,10-11,15,17-19H,4-5,9,12-14H2,1-3H3. The van der Waals surface area contributed by atoms with Crippen molar-refractivity contribution in [3.8, 4) is 0 Å². The number of piperidine rings is 1. The van der Waals surface area contributed by atoms with E-state index in [1.165, 1.54) is 44.3 Å². The summed E-state index contributed by atoms with van der Waals surface area (Å²) >= 11 is 0. The SMILES string of the molecule is CCC(CC)C(NC1CCCN(C)C1)c1ccccc1. The summed E-state index contributed by atoms with van der Waals surface area (Å²) in [7, 11) is 2.24. The zero-order valence-corrected chi connectivity index (χ0v) is 13.3. The molecule has 20 heavy (non-hydrogen) atoms. The van der Waals surface area contributed by atoms with Crippen molar-refractivity contribution in [2.45, 2.75) is 51.6 Å². The number of likely N-dealkylation sites (N-methyl/N-ethyl adjacent to an activating group) is 1. The average molecular weight is 274 g/mol. The third-order valence-corrected chi connectivity index (χ3v) is 4.72. The first-order valence-corrected chi connectivity index (χ1v) is 8.24. The lowest BCUT2D eigenvalue weighted by Crippen LogP contribution is -2.46. The molecule has 1 heterocycles. The molecule has 1 aromatic carbocycles. The first-order valence-electron chi connectivity index (χ1n) is 8.24. The van der Waals surface area contributed by atoms with E-state index in [2.05, 4.69) is 61.4 Å². The van der Waals surface area contributed by atoms with Gasteiger partial charge in [0.15, 0.2) is 0 Å². The van der Waals surface area contributed by atoms with E-state index in [-0.39, 0.29) is 0 Å². The van der Waals surface area contributed by atoms with Crippen molar-refractivity contribution in [3.63, 3.8) is 0 Å². The molecule has 0 aliphatic carbocycles. The summed E-state index contributed by atoms with van der Waals surface area (Å²) in [5.41, 5.74) is 1.45. The summed E-state index contributed by atoms with van der Waals surface area (Å²) in [6.45, 7) is 7.07. The van der Waals surface area contributed by atoms with E-state index in [0.717, 1.165) is 5.92 Å². The third kappa shape index (κ3) is 4.07. The fourth-order valence-corrected chi connectivity index (χ4v) is 3.48. The molecule has 2 nitrogen and oxygen atoms in total. The molecule has 2 atom stereocenters. The van der Waals surface area contributed by atoms with Crippen LogP contribution in [-0.4, -0.2) is 31.1 Å². The molecule has 1 fully saturated rings. The van der Waals surface area contributed by atoms with E-state index in [9.17, 15) is 0 Å². The lowest BCUT2D eigenvalue weighted by atomic mass is 9.87. The summed E-state index contributed by atoms with van der Waals surface area (Å²) in [5.74, 6) is 0.727. The van der Waals surface area contributed by atoms with Crippen molar-refractivity contribution in [1.82, 2.24) is 10.2 Å². The summed E-state index contributed by atoms with van der Waals surface area (Å²) < 4.78 is 0. The maximum Gasteiger partial charge on any atom is 0.0351 e. The summed E-state index contributed by atoms with van der Waals surface area (Å²) in [6, 6.07) is 12.1. The maximum atomic E-state index is 3.96. The van der Waals surface area contributed by atoms with E-state index in [1.54, 1.807) is 0 Å². The van der Waals surface area contributed by atoms with Crippen molar-refractivity contribution in [3.05, 3.63) is 35.9 Å². The molecule has 2 rings (SSSR count). The largest absolute Gasteiger partial charge is 0.306 e.